The summed E-state index contributed by atoms with van der Waals surface area (Å²) in [7, 11) is 0. The number of aliphatic hydroxyl groups excluding tert-OH is 6. The van der Waals surface area contributed by atoms with Crippen molar-refractivity contribution in [3.63, 3.8) is 0 Å². The van der Waals surface area contributed by atoms with Gasteiger partial charge in [0, 0.05) is 11.3 Å². The number of ketones is 1. The molecular weight excluding hydrogens is 456 g/mol. The van der Waals surface area contributed by atoms with Gasteiger partial charge >= 0.3 is 0 Å². The number of hydrogen-bond acceptors (Lipinski definition) is 9. The summed E-state index contributed by atoms with van der Waals surface area (Å²) >= 11 is 0. The monoisotopic (exact) mass is 496 g/mol. The number of allylic oxidation sites excluding steroid dienone is 3. The number of carbonyl (C=O) groups excluding carboxylic acids is 1. The molecule has 9 nitrogen and oxygen atoms in total. The van der Waals surface area contributed by atoms with Crippen molar-refractivity contribution in [2.75, 3.05) is 13.2 Å². The molecule has 0 amide bonds. The van der Waals surface area contributed by atoms with Crippen LogP contribution in [0.3, 0.4) is 0 Å². The summed E-state index contributed by atoms with van der Waals surface area (Å²) in [6.45, 7) is 8.72. The average Bonchev–Trinajstić information content (AvgIpc) is 2.80. The molecule has 3 aliphatic carbocycles. The Kier molecular flexibility index (Phi) is 7.14. The molecule has 6 N–H and O–H groups in total. The molecule has 0 aromatic heterocycles. The minimum absolute atomic E-state index is 0.0620. The number of ether oxygens (including phenoxy) is 2. The van der Waals surface area contributed by atoms with Crippen molar-refractivity contribution in [1.29, 1.82) is 0 Å². The van der Waals surface area contributed by atoms with E-state index in [9.17, 15) is 35.4 Å². The van der Waals surface area contributed by atoms with Gasteiger partial charge in [-0.2, -0.15) is 0 Å². The van der Waals surface area contributed by atoms with Gasteiger partial charge in [-0.25, -0.2) is 0 Å². The normalized spacial score (nSPS) is 52.3. The SMILES string of the molecule is C=CC1(C)CCC2C(=CC(=O)C3C2(C)CC(O)C(OC2OC(CO)C(O)C(O)C2O)C3(C)CO)C1. The third-order valence-electron chi connectivity index (χ3n) is 9.40. The highest BCUT2D eigenvalue weighted by Gasteiger charge is 2.65. The summed E-state index contributed by atoms with van der Waals surface area (Å²) in [6.07, 6.45) is -3.33. The highest BCUT2D eigenvalue weighted by atomic mass is 16.7. The molecule has 1 heterocycles. The van der Waals surface area contributed by atoms with Gasteiger partial charge in [-0.05, 0) is 48.5 Å². The van der Waals surface area contributed by atoms with Crippen LogP contribution in [0.4, 0.5) is 0 Å². The molecule has 2 saturated carbocycles. The maximum absolute atomic E-state index is 13.6. The molecule has 9 heteroatoms. The van der Waals surface area contributed by atoms with Gasteiger partial charge in [-0.3, -0.25) is 4.79 Å². The Hall–Kier alpha value is -1.17. The molecule has 35 heavy (non-hydrogen) atoms. The molecule has 198 valence electrons. The average molecular weight is 497 g/mol. The van der Waals surface area contributed by atoms with Gasteiger partial charge in [0.25, 0.3) is 0 Å². The van der Waals surface area contributed by atoms with Crippen LogP contribution in [0.1, 0.15) is 46.5 Å². The van der Waals surface area contributed by atoms with Crippen molar-refractivity contribution in [2.45, 2.75) is 89.4 Å². The zero-order chi connectivity index (χ0) is 25.9. The molecule has 1 aliphatic heterocycles. The number of carbonyl (C=O) groups is 1. The van der Waals surface area contributed by atoms with Crippen LogP contribution in [0.2, 0.25) is 0 Å². The molecule has 4 rings (SSSR count). The maximum Gasteiger partial charge on any atom is 0.187 e. The predicted octanol–water partition coefficient (Wildman–Crippen LogP) is 0.0587. The lowest BCUT2D eigenvalue weighted by Crippen LogP contribution is -2.67. The van der Waals surface area contributed by atoms with E-state index in [0.717, 1.165) is 24.8 Å². The summed E-state index contributed by atoms with van der Waals surface area (Å²) in [4.78, 5) is 13.6. The van der Waals surface area contributed by atoms with E-state index < -0.39 is 72.9 Å². The van der Waals surface area contributed by atoms with Crippen molar-refractivity contribution < 1.29 is 44.9 Å². The van der Waals surface area contributed by atoms with E-state index in [1.54, 1.807) is 13.0 Å². The van der Waals surface area contributed by atoms with Gasteiger partial charge in [-0.1, -0.05) is 32.4 Å². The van der Waals surface area contributed by atoms with Crippen LogP contribution in [0.25, 0.3) is 0 Å². The van der Waals surface area contributed by atoms with E-state index in [1.165, 1.54) is 0 Å². The van der Waals surface area contributed by atoms with E-state index in [-0.39, 0.29) is 23.5 Å². The van der Waals surface area contributed by atoms with Crippen LogP contribution in [0, 0.1) is 28.1 Å². The first-order valence-corrected chi connectivity index (χ1v) is 12.5. The fourth-order valence-corrected chi connectivity index (χ4v) is 7.46. The lowest BCUT2D eigenvalue weighted by atomic mass is 9.44. The van der Waals surface area contributed by atoms with Crippen LogP contribution >= 0.6 is 0 Å². The number of rotatable bonds is 5. The van der Waals surface area contributed by atoms with E-state index >= 15 is 0 Å². The molecule has 4 aliphatic rings. The second-order valence-corrected chi connectivity index (χ2v) is 11.9. The van der Waals surface area contributed by atoms with Crippen molar-refractivity contribution in [1.82, 2.24) is 0 Å². The Morgan fingerprint density at radius 3 is 2.43 bits per heavy atom. The first-order chi connectivity index (χ1) is 16.3. The molecule has 12 unspecified atom stereocenters. The van der Waals surface area contributed by atoms with E-state index in [1.807, 2.05) is 13.0 Å². The van der Waals surface area contributed by atoms with E-state index in [4.69, 9.17) is 9.47 Å². The summed E-state index contributed by atoms with van der Waals surface area (Å²) in [5.41, 5.74) is -0.865. The van der Waals surface area contributed by atoms with Crippen molar-refractivity contribution >= 4 is 5.78 Å². The van der Waals surface area contributed by atoms with E-state index in [0.29, 0.717) is 0 Å². The largest absolute Gasteiger partial charge is 0.396 e. The van der Waals surface area contributed by atoms with Crippen LogP contribution in [0.5, 0.6) is 0 Å². The molecule has 0 aromatic carbocycles. The fourth-order valence-electron chi connectivity index (χ4n) is 7.46. The second kappa shape index (κ2) is 9.29. The van der Waals surface area contributed by atoms with Gasteiger partial charge in [0.1, 0.15) is 24.4 Å². The number of hydrogen-bond donors (Lipinski definition) is 6. The van der Waals surface area contributed by atoms with Crippen molar-refractivity contribution in [2.24, 2.45) is 28.1 Å². The van der Waals surface area contributed by atoms with Gasteiger partial charge in [-0.15, -0.1) is 6.58 Å². The van der Waals surface area contributed by atoms with Crippen molar-refractivity contribution in [3.8, 4) is 0 Å². The first kappa shape index (κ1) is 26.9. The Labute approximate surface area is 206 Å². The Balaban J connectivity index is 1.67. The number of aliphatic hydroxyl groups is 6. The fraction of sp³-hybridized carbons (Fsp3) is 0.808. The van der Waals surface area contributed by atoms with Gasteiger partial charge in [0.2, 0.25) is 0 Å². The lowest BCUT2D eigenvalue weighted by Gasteiger charge is -2.62. The minimum Gasteiger partial charge on any atom is -0.396 e. The molecule has 3 fully saturated rings. The topological polar surface area (TPSA) is 157 Å². The summed E-state index contributed by atoms with van der Waals surface area (Å²) < 4.78 is 11.5. The summed E-state index contributed by atoms with van der Waals surface area (Å²) in [5, 5.41) is 62.2. The van der Waals surface area contributed by atoms with Gasteiger partial charge in [0.15, 0.2) is 12.1 Å². The molecule has 0 aromatic rings. The molecule has 1 saturated heterocycles. The Morgan fingerprint density at radius 1 is 1.14 bits per heavy atom. The predicted molar refractivity (Wildman–Crippen MR) is 125 cm³/mol. The maximum atomic E-state index is 13.6. The molecule has 0 radical (unpaired) electrons. The minimum atomic E-state index is -1.65. The lowest BCUT2D eigenvalue weighted by molar-refractivity contribution is -0.338. The Bertz CT molecular complexity index is 873. The smallest absolute Gasteiger partial charge is 0.187 e. The third-order valence-corrected chi connectivity index (χ3v) is 9.40. The zero-order valence-electron chi connectivity index (χ0n) is 20.7. The quantitative estimate of drug-likeness (QED) is 0.290. The summed E-state index contributed by atoms with van der Waals surface area (Å²) in [6, 6.07) is 0. The highest BCUT2D eigenvalue weighted by molar-refractivity contribution is 5.95. The molecule has 0 spiro atoms. The highest BCUT2D eigenvalue weighted by Crippen LogP contribution is 2.63. The summed E-state index contributed by atoms with van der Waals surface area (Å²) in [5.74, 6) is -0.718. The van der Waals surface area contributed by atoms with Crippen LogP contribution < -0.4 is 0 Å². The molecule has 0 bridgehead atoms. The van der Waals surface area contributed by atoms with Gasteiger partial charge < -0.3 is 40.1 Å². The van der Waals surface area contributed by atoms with Crippen LogP contribution in [-0.2, 0) is 14.3 Å². The third kappa shape index (κ3) is 4.14. The second-order valence-electron chi connectivity index (χ2n) is 11.9. The van der Waals surface area contributed by atoms with E-state index in [2.05, 4.69) is 13.5 Å². The van der Waals surface area contributed by atoms with Crippen LogP contribution in [0.15, 0.2) is 24.3 Å². The first-order valence-electron chi connectivity index (χ1n) is 12.5. The molecule has 12 atom stereocenters. The molecular formula is C26H40O9. The van der Waals surface area contributed by atoms with Gasteiger partial charge in [0.05, 0.1) is 25.4 Å². The number of fused-ring (bicyclic) bond motifs is 3. The van der Waals surface area contributed by atoms with Crippen LogP contribution in [-0.4, -0.2) is 92.5 Å². The van der Waals surface area contributed by atoms with Crippen molar-refractivity contribution in [3.05, 3.63) is 24.3 Å². The standard InChI is InChI=1S/C26H40O9/c1-5-24(2)7-6-14-13(9-24)8-15(29)21-25(14,3)10-16(30)22(26(21,4)12-28)35-23-20(33)19(32)18(31)17(11-27)34-23/h5,8,14,16-23,27-28,30-33H,1,6-7,9-12H2,2-4H3. The Morgan fingerprint density at radius 2 is 1.83 bits per heavy atom. The zero-order valence-corrected chi connectivity index (χ0v) is 20.7.